The zero-order chi connectivity index (χ0) is 14.4. The lowest BCUT2D eigenvalue weighted by Crippen LogP contribution is -1.81. The molecule has 0 nitrogen and oxygen atoms in total. The van der Waals surface area contributed by atoms with Crippen LogP contribution in [-0.4, -0.2) is 0 Å². The lowest BCUT2D eigenvalue weighted by molar-refractivity contribution is 0.484. The second-order valence-electron chi connectivity index (χ2n) is 3.77. The third-order valence-electron chi connectivity index (χ3n) is 2.23. The topological polar surface area (TPSA) is 0 Å². The standard InChI is InChI=1S/C7H5Br2F.C7H6BrF/c1-4-2-5(8)7(10)6(9)3-4;8-7-4-2-1-3-6(7)5-9/h2-3H,1H3;1-4H,5H2. The van der Waals surface area contributed by atoms with Crippen LogP contribution in [0.1, 0.15) is 11.1 Å². The third kappa shape index (κ3) is 5.32. The van der Waals surface area contributed by atoms with Crippen molar-refractivity contribution in [3.05, 3.63) is 66.8 Å². The van der Waals surface area contributed by atoms with Gasteiger partial charge in [-0.05, 0) is 68.1 Å². The number of hydrogen-bond acceptors (Lipinski definition) is 0. The van der Waals surface area contributed by atoms with E-state index in [4.69, 9.17) is 0 Å². The molecule has 0 heterocycles. The molecule has 0 aromatic heterocycles. The summed E-state index contributed by atoms with van der Waals surface area (Å²) in [6.07, 6.45) is 0. The molecule has 102 valence electrons. The van der Waals surface area contributed by atoms with Crippen LogP contribution in [-0.2, 0) is 6.67 Å². The number of hydrogen-bond donors (Lipinski definition) is 0. The number of aryl methyl sites for hydroxylation is 1. The monoisotopic (exact) mass is 454 g/mol. The van der Waals surface area contributed by atoms with Gasteiger partial charge in [-0.2, -0.15) is 0 Å². The molecule has 19 heavy (non-hydrogen) atoms. The number of halogens is 5. The first-order valence-electron chi connectivity index (χ1n) is 5.36. The van der Waals surface area contributed by atoms with Gasteiger partial charge in [-0.15, -0.1) is 0 Å². The fraction of sp³-hybridized carbons (Fsp3) is 0.143. The van der Waals surface area contributed by atoms with E-state index in [2.05, 4.69) is 47.8 Å². The van der Waals surface area contributed by atoms with Crippen molar-refractivity contribution < 1.29 is 8.78 Å². The molecule has 5 heteroatoms. The van der Waals surface area contributed by atoms with Crippen LogP contribution in [0, 0.1) is 12.7 Å². The molecule has 0 saturated heterocycles. The molecule has 0 radical (unpaired) electrons. The van der Waals surface area contributed by atoms with Crippen LogP contribution in [0.4, 0.5) is 8.78 Å². The van der Waals surface area contributed by atoms with E-state index in [1.54, 1.807) is 18.2 Å². The Kier molecular flexibility index (Phi) is 7.18. The molecule has 0 saturated carbocycles. The van der Waals surface area contributed by atoms with Gasteiger partial charge in [-0.1, -0.05) is 34.1 Å². The van der Waals surface area contributed by atoms with Crippen LogP contribution in [0.25, 0.3) is 0 Å². The van der Waals surface area contributed by atoms with Gasteiger partial charge in [0.2, 0.25) is 0 Å². The average Bonchev–Trinajstić information content (AvgIpc) is 2.37. The van der Waals surface area contributed by atoms with Crippen LogP contribution in [0.2, 0.25) is 0 Å². The molecule has 0 fully saturated rings. The van der Waals surface area contributed by atoms with Crippen LogP contribution in [0.15, 0.2) is 49.8 Å². The highest BCUT2D eigenvalue weighted by atomic mass is 79.9. The molecule has 0 N–H and O–H groups in total. The predicted octanol–water partition coefficient (Wildman–Crippen LogP) is 6.58. The third-order valence-corrected chi connectivity index (χ3v) is 4.16. The van der Waals surface area contributed by atoms with Gasteiger partial charge in [0.05, 0.1) is 8.95 Å². The summed E-state index contributed by atoms with van der Waals surface area (Å²) in [6.45, 7) is 1.51. The highest BCUT2D eigenvalue weighted by Gasteiger charge is 2.03. The number of benzene rings is 2. The molecule has 0 aliphatic rings. The Labute approximate surface area is 136 Å². The summed E-state index contributed by atoms with van der Waals surface area (Å²) in [5.41, 5.74) is 1.73. The Bertz CT molecular complexity index is 533. The second-order valence-corrected chi connectivity index (χ2v) is 6.33. The van der Waals surface area contributed by atoms with Gasteiger partial charge in [0.25, 0.3) is 0 Å². The fourth-order valence-corrected chi connectivity index (χ4v) is 3.10. The molecular weight excluding hydrogens is 446 g/mol. The molecule has 0 bridgehead atoms. The molecule has 2 rings (SSSR count). The lowest BCUT2D eigenvalue weighted by atomic mass is 10.2. The van der Waals surface area contributed by atoms with Crippen LogP contribution >= 0.6 is 47.8 Å². The van der Waals surface area contributed by atoms with Crippen LogP contribution in [0.5, 0.6) is 0 Å². The Morgan fingerprint density at radius 3 is 1.89 bits per heavy atom. The van der Waals surface area contributed by atoms with Gasteiger partial charge in [0.1, 0.15) is 6.67 Å². The van der Waals surface area contributed by atoms with E-state index in [1.165, 1.54) is 0 Å². The largest absolute Gasteiger partial charge is 0.246 e. The first-order valence-corrected chi connectivity index (χ1v) is 7.74. The van der Waals surface area contributed by atoms with Gasteiger partial charge in [-0.25, -0.2) is 8.78 Å². The Hall–Kier alpha value is -0.260. The van der Waals surface area contributed by atoms with Crippen molar-refractivity contribution in [1.29, 1.82) is 0 Å². The zero-order valence-corrected chi connectivity index (χ0v) is 14.8. The molecular formula is C14H11Br3F2. The van der Waals surface area contributed by atoms with Crippen LogP contribution in [0.3, 0.4) is 0 Å². The SMILES string of the molecule is Cc1cc(Br)c(F)c(Br)c1.FCc1ccccc1Br. The van der Waals surface area contributed by atoms with E-state index in [-0.39, 0.29) is 5.82 Å². The van der Waals surface area contributed by atoms with Crippen molar-refractivity contribution in [3.63, 3.8) is 0 Å². The molecule has 0 aliphatic heterocycles. The summed E-state index contributed by atoms with van der Waals surface area (Å²) in [4.78, 5) is 0. The Balaban J connectivity index is 0.000000191. The minimum atomic E-state index is -0.401. The summed E-state index contributed by atoms with van der Waals surface area (Å²) in [6, 6.07) is 10.7. The maximum Gasteiger partial charge on any atom is 0.151 e. The van der Waals surface area contributed by atoms with Crippen LogP contribution < -0.4 is 0 Å². The summed E-state index contributed by atoms with van der Waals surface area (Å²) in [5.74, 6) is -0.245. The highest BCUT2D eigenvalue weighted by Crippen LogP contribution is 2.24. The molecule has 0 amide bonds. The second kappa shape index (κ2) is 8.12. The fourth-order valence-electron chi connectivity index (χ4n) is 1.29. The summed E-state index contributed by atoms with van der Waals surface area (Å²) in [7, 11) is 0. The van der Waals surface area contributed by atoms with E-state index in [9.17, 15) is 8.78 Å². The lowest BCUT2D eigenvalue weighted by Gasteiger charge is -1.98. The van der Waals surface area contributed by atoms with Gasteiger partial charge < -0.3 is 0 Å². The summed E-state index contributed by atoms with van der Waals surface area (Å²) < 4.78 is 26.6. The Morgan fingerprint density at radius 1 is 0.947 bits per heavy atom. The number of rotatable bonds is 1. The van der Waals surface area contributed by atoms with E-state index in [0.29, 0.717) is 14.5 Å². The number of alkyl halides is 1. The van der Waals surface area contributed by atoms with Gasteiger partial charge in [0, 0.05) is 4.47 Å². The molecule has 2 aromatic rings. The van der Waals surface area contributed by atoms with Crippen molar-refractivity contribution >= 4 is 47.8 Å². The van der Waals surface area contributed by atoms with Crippen molar-refractivity contribution in [2.45, 2.75) is 13.6 Å². The molecule has 0 spiro atoms. The van der Waals surface area contributed by atoms with E-state index in [1.807, 2.05) is 25.1 Å². The van der Waals surface area contributed by atoms with E-state index < -0.39 is 6.67 Å². The zero-order valence-electron chi connectivity index (χ0n) is 10.1. The van der Waals surface area contributed by atoms with Crippen molar-refractivity contribution in [1.82, 2.24) is 0 Å². The average molecular weight is 457 g/mol. The first kappa shape index (κ1) is 16.8. The van der Waals surface area contributed by atoms with Gasteiger partial charge >= 0.3 is 0 Å². The van der Waals surface area contributed by atoms with Crippen molar-refractivity contribution in [3.8, 4) is 0 Å². The van der Waals surface area contributed by atoms with Gasteiger partial charge in [0.15, 0.2) is 5.82 Å². The maximum absolute atomic E-state index is 12.8. The molecule has 0 aliphatic carbocycles. The van der Waals surface area contributed by atoms with Crippen molar-refractivity contribution in [2.75, 3.05) is 0 Å². The quantitative estimate of drug-likeness (QED) is 0.425. The smallest absolute Gasteiger partial charge is 0.151 e. The maximum atomic E-state index is 12.8. The highest BCUT2D eigenvalue weighted by molar-refractivity contribution is 9.11. The molecule has 0 atom stereocenters. The Morgan fingerprint density at radius 2 is 1.47 bits per heavy atom. The summed E-state index contributed by atoms with van der Waals surface area (Å²) >= 11 is 9.40. The minimum absolute atomic E-state index is 0.245. The summed E-state index contributed by atoms with van der Waals surface area (Å²) in [5, 5.41) is 0. The molecule has 2 aromatic carbocycles. The molecule has 0 unspecified atom stereocenters. The van der Waals surface area contributed by atoms with E-state index >= 15 is 0 Å². The normalized spacial score (nSPS) is 9.79. The first-order chi connectivity index (χ1) is 8.95. The minimum Gasteiger partial charge on any atom is -0.246 e. The van der Waals surface area contributed by atoms with Crippen molar-refractivity contribution in [2.24, 2.45) is 0 Å². The van der Waals surface area contributed by atoms with Gasteiger partial charge in [-0.3, -0.25) is 0 Å². The predicted molar refractivity (Wildman–Crippen MR) is 85.5 cm³/mol. The van der Waals surface area contributed by atoms with E-state index in [0.717, 1.165) is 10.0 Å².